The summed E-state index contributed by atoms with van der Waals surface area (Å²) in [5.41, 5.74) is 0. The fourth-order valence-electron chi connectivity index (χ4n) is 0.682. The van der Waals surface area contributed by atoms with Gasteiger partial charge in [0, 0.05) is 6.42 Å². The first-order valence-corrected chi connectivity index (χ1v) is 4.35. The summed E-state index contributed by atoms with van der Waals surface area (Å²) < 4.78 is 5.67. The summed E-state index contributed by atoms with van der Waals surface area (Å²) in [6.07, 6.45) is 1.17. The van der Waals surface area contributed by atoms with E-state index in [0.717, 1.165) is 17.3 Å². The number of hydrogen-bond donors (Lipinski definition) is 0. The number of esters is 1. The lowest BCUT2D eigenvalue weighted by Gasteiger charge is -2.23. The Morgan fingerprint density at radius 2 is 2.00 bits per heavy atom. The van der Waals surface area contributed by atoms with Crippen molar-refractivity contribution in [1.29, 1.82) is 0 Å². The summed E-state index contributed by atoms with van der Waals surface area (Å²) in [7, 11) is 6.08. The maximum atomic E-state index is 10.9. The van der Waals surface area contributed by atoms with E-state index in [0.29, 0.717) is 6.61 Å². The SMILES string of the molecule is C[N+](C)(C)CCOC(=O)CCC=O. The second kappa shape index (κ2) is 5.70. The van der Waals surface area contributed by atoms with Gasteiger partial charge in [-0.2, -0.15) is 0 Å². The highest BCUT2D eigenvalue weighted by molar-refractivity contribution is 5.72. The summed E-state index contributed by atoms with van der Waals surface area (Å²) in [6.45, 7) is 1.20. The zero-order valence-electron chi connectivity index (χ0n) is 8.58. The highest BCUT2D eigenvalue weighted by Crippen LogP contribution is 1.93. The summed E-state index contributed by atoms with van der Waals surface area (Å²) in [6, 6.07) is 0. The molecule has 0 aromatic carbocycles. The van der Waals surface area contributed by atoms with Crippen LogP contribution in [-0.2, 0) is 14.3 Å². The van der Waals surface area contributed by atoms with Gasteiger partial charge < -0.3 is 14.0 Å². The third-order valence-electron chi connectivity index (χ3n) is 1.49. The van der Waals surface area contributed by atoms with Crippen LogP contribution < -0.4 is 0 Å². The van der Waals surface area contributed by atoms with E-state index in [1.807, 2.05) is 21.1 Å². The Labute approximate surface area is 79.1 Å². The Balaban J connectivity index is 3.42. The first-order chi connectivity index (χ1) is 5.95. The van der Waals surface area contributed by atoms with Crippen LogP contribution in [0.4, 0.5) is 0 Å². The van der Waals surface area contributed by atoms with Gasteiger partial charge >= 0.3 is 5.97 Å². The predicted molar refractivity (Wildman–Crippen MR) is 49.2 cm³/mol. The monoisotopic (exact) mass is 188 g/mol. The highest BCUT2D eigenvalue weighted by atomic mass is 16.5. The maximum absolute atomic E-state index is 10.9. The van der Waals surface area contributed by atoms with Crippen LogP contribution in [0.15, 0.2) is 0 Å². The van der Waals surface area contributed by atoms with Crippen LogP contribution in [0.25, 0.3) is 0 Å². The molecule has 0 spiro atoms. The lowest BCUT2D eigenvalue weighted by atomic mass is 10.3. The molecule has 13 heavy (non-hydrogen) atoms. The van der Waals surface area contributed by atoms with Gasteiger partial charge in [-0.3, -0.25) is 4.79 Å². The van der Waals surface area contributed by atoms with Crippen molar-refractivity contribution in [2.45, 2.75) is 12.8 Å². The molecular formula is C9H18NO3+. The normalized spacial score (nSPS) is 11.0. The van der Waals surface area contributed by atoms with Gasteiger partial charge in [-0.15, -0.1) is 0 Å². The van der Waals surface area contributed by atoms with Crippen molar-refractivity contribution < 1.29 is 18.8 Å². The molecule has 0 aliphatic heterocycles. The van der Waals surface area contributed by atoms with Crippen LogP contribution in [0.2, 0.25) is 0 Å². The summed E-state index contributed by atoms with van der Waals surface area (Å²) in [5, 5.41) is 0. The van der Waals surface area contributed by atoms with Gasteiger partial charge in [-0.25, -0.2) is 0 Å². The minimum absolute atomic E-state index is 0.195. The molecule has 0 atom stereocenters. The van der Waals surface area contributed by atoms with E-state index in [1.54, 1.807) is 0 Å². The van der Waals surface area contributed by atoms with E-state index in [-0.39, 0.29) is 18.8 Å². The molecule has 0 amide bonds. The van der Waals surface area contributed by atoms with Crippen LogP contribution >= 0.6 is 0 Å². The van der Waals surface area contributed by atoms with Crippen molar-refractivity contribution in [3.63, 3.8) is 0 Å². The van der Waals surface area contributed by atoms with Crippen molar-refractivity contribution in [3.8, 4) is 0 Å². The number of nitrogens with zero attached hydrogens (tertiary/aromatic N) is 1. The van der Waals surface area contributed by atoms with Gasteiger partial charge in [0.05, 0.1) is 27.6 Å². The summed E-state index contributed by atoms with van der Waals surface area (Å²) >= 11 is 0. The van der Waals surface area contributed by atoms with Crippen LogP contribution in [0, 0.1) is 0 Å². The molecule has 0 unspecified atom stereocenters. The zero-order valence-corrected chi connectivity index (χ0v) is 8.58. The van der Waals surface area contributed by atoms with E-state index in [4.69, 9.17) is 4.74 Å². The molecule has 0 aliphatic rings. The Morgan fingerprint density at radius 3 is 2.46 bits per heavy atom. The molecule has 4 nitrogen and oxygen atoms in total. The third kappa shape index (κ3) is 9.01. The van der Waals surface area contributed by atoms with Crippen LogP contribution in [0.3, 0.4) is 0 Å². The lowest BCUT2D eigenvalue weighted by Crippen LogP contribution is -2.38. The molecular weight excluding hydrogens is 170 g/mol. The predicted octanol–water partition coefficient (Wildman–Crippen LogP) is 0.215. The molecule has 0 radical (unpaired) electrons. The summed E-state index contributed by atoms with van der Waals surface area (Å²) in [4.78, 5) is 20.8. The first-order valence-electron chi connectivity index (χ1n) is 4.35. The number of carbonyl (C=O) groups is 2. The molecule has 0 aliphatic carbocycles. The molecule has 0 saturated heterocycles. The number of ether oxygens (including phenoxy) is 1. The van der Waals surface area contributed by atoms with Gasteiger partial charge in [0.25, 0.3) is 0 Å². The van der Waals surface area contributed by atoms with Gasteiger partial charge in [0.15, 0.2) is 0 Å². The number of hydrogen-bond acceptors (Lipinski definition) is 3. The molecule has 0 heterocycles. The van der Waals surface area contributed by atoms with Crippen LogP contribution in [0.5, 0.6) is 0 Å². The topological polar surface area (TPSA) is 43.4 Å². The molecule has 76 valence electrons. The second-order valence-corrected chi connectivity index (χ2v) is 3.94. The van der Waals surface area contributed by atoms with Crippen LogP contribution in [0.1, 0.15) is 12.8 Å². The standard InChI is InChI=1S/C9H18NO3/c1-10(2,3)6-8-13-9(12)5-4-7-11/h7H,4-6,8H2,1-3H3/q+1. The van der Waals surface area contributed by atoms with Crippen molar-refractivity contribution in [2.75, 3.05) is 34.3 Å². The average molecular weight is 188 g/mol. The van der Waals surface area contributed by atoms with E-state index in [2.05, 4.69) is 0 Å². The van der Waals surface area contributed by atoms with Crippen molar-refractivity contribution >= 4 is 12.3 Å². The average Bonchev–Trinajstić information content (AvgIpc) is 1.98. The molecule has 0 N–H and O–H groups in total. The van der Waals surface area contributed by atoms with Crippen molar-refractivity contribution in [2.24, 2.45) is 0 Å². The number of carbonyl (C=O) groups excluding carboxylic acids is 2. The Morgan fingerprint density at radius 1 is 1.38 bits per heavy atom. The van der Waals surface area contributed by atoms with Gasteiger partial charge in [0.1, 0.15) is 19.4 Å². The molecule has 0 rings (SSSR count). The number of likely N-dealkylation sites (N-methyl/N-ethyl adjacent to an activating group) is 1. The quantitative estimate of drug-likeness (QED) is 0.340. The lowest BCUT2D eigenvalue weighted by molar-refractivity contribution is -0.870. The smallest absolute Gasteiger partial charge is 0.306 e. The Bertz CT molecular complexity index is 172. The maximum Gasteiger partial charge on any atom is 0.306 e. The third-order valence-corrected chi connectivity index (χ3v) is 1.49. The van der Waals surface area contributed by atoms with E-state index in [1.165, 1.54) is 0 Å². The first kappa shape index (κ1) is 12.1. The minimum Gasteiger partial charge on any atom is -0.460 e. The van der Waals surface area contributed by atoms with Crippen molar-refractivity contribution in [3.05, 3.63) is 0 Å². The Kier molecular flexibility index (Phi) is 5.30. The van der Waals surface area contributed by atoms with E-state index in [9.17, 15) is 9.59 Å². The van der Waals surface area contributed by atoms with E-state index >= 15 is 0 Å². The molecule has 0 aromatic rings. The second-order valence-electron chi connectivity index (χ2n) is 3.94. The molecule has 0 bridgehead atoms. The van der Waals surface area contributed by atoms with E-state index < -0.39 is 0 Å². The van der Waals surface area contributed by atoms with Gasteiger partial charge in [-0.05, 0) is 0 Å². The minimum atomic E-state index is -0.291. The van der Waals surface area contributed by atoms with Crippen molar-refractivity contribution in [1.82, 2.24) is 0 Å². The van der Waals surface area contributed by atoms with Gasteiger partial charge in [0.2, 0.25) is 0 Å². The van der Waals surface area contributed by atoms with Gasteiger partial charge in [-0.1, -0.05) is 0 Å². The van der Waals surface area contributed by atoms with Crippen LogP contribution in [-0.4, -0.2) is 51.0 Å². The molecule has 0 saturated carbocycles. The fourth-order valence-corrected chi connectivity index (χ4v) is 0.682. The zero-order chi connectivity index (χ0) is 10.3. The molecule has 4 heteroatoms. The molecule has 0 fully saturated rings. The molecule has 0 aromatic heterocycles. The Hall–Kier alpha value is -0.900. The number of aldehydes is 1. The fraction of sp³-hybridized carbons (Fsp3) is 0.778. The summed E-state index contributed by atoms with van der Waals surface area (Å²) in [5.74, 6) is -0.291. The largest absolute Gasteiger partial charge is 0.460 e. The highest BCUT2D eigenvalue weighted by Gasteiger charge is 2.08. The number of rotatable bonds is 6. The number of quaternary nitrogens is 1.